The monoisotopic (exact) mass is 324 g/mol. The van der Waals surface area contributed by atoms with E-state index in [4.69, 9.17) is 5.11 Å². The molecule has 0 aliphatic heterocycles. The lowest BCUT2D eigenvalue weighted by Gasteiger charge is -2.38. The zero-order chi connectivity index (χ0) is 17.0. The predicted octanol–water partition coefficient (Wildman–Crippen LogP) is 1.87. The van der Waals surface area contributed by atoms with Crippen molar-refractivity contribution < 1.29 is 25.2 Å². The first kappa shape index (κ1) is 18.2. The van der Waals surface area contributed by atoms with Crippen LogP contribution in [0, 0.1) is 17.8 Å². The van der Waals surface area contributed by atoms with E-state index in [0.29, 0.717) is 24.2 Å². The van der Waals surface area contributed by atoms with Gasteiger partial charge in [0.2, 0.25) is 0 Å². The highest BCUT2D eigenvalue weighted by atomic mass is 16.4. The van der Waals surface area contributed by atoms with E-state index >= 15 is 0 Å². The molecule has 0 spiro atoms. The summed E-state index contributed by atoms with van der Waals surface area (Å²) in [6.45, 7) is 2.18. The maximum atomic E-state index is 10.5. The molecule has 6 atom stereocenters. The third kappa shape index (κ3) is 5.16. The molecule has 130 valence electrons. The number of aliphatic hydroxyl groups excluding tert-OH is 3. The minimum absolute atomic E-state index is 0.106. The van der Waals surface area contributed by atoms with Gasteiger partial charge in [0.05, 0.1) is 24.7 Å². The van der Waals surface area contributed by atoms with Gasteiger partial charge in [-0.3, -0.25) is 4.79 Å². The molecule has 4 N–H and O–H groups in total. The molecule has 23 heavy (non-hydrogen) atoms. The van der Waals surface area contributed by atoms with Crippen molar-refractivity contribution in [3.63, 3.8) is 0 Å². The fraction of sp³-hybridized carbons (Fsp3) is 0.722. The van der Waals surface area contributed by atoms with Crippen LogP contribution < -0.4 is 0 Å². The van der Waals surface area contributed by atoms with Gasteiger partial charge in [-0.15, -0.1) is 0 Å². The molecule has 0 radical (unpaired) electrons. The number of carbonyl (C=O) groups is 1. The quantitative estimate of drug-likeness (QED) is 0.573. The molecule has 0 aromatic carbocycles. The highest BCUT2D eigenvalue weighted by molar-refractivity contribution is 5.67. The van der Waals surface area contributed by atoms with Gasteiger partial charge in [-0.25, -0.2) is 0 Å². The summed E-state index contributed by atoms with van der Waals surface area (Å²) in [6.07, 6.45) is 7.12. The second-order valence-electron chi connectivity index (χ2n) is 7.02. The zero-order valence-electron chi connectivity index (χ0n) is 13.6. The van der Waals surface area contributed by atoms with Crippen molar-refractivity contribution in [2.45, 2.75) is 63.8 Å². The van der Waals surface area contributed by atoms with Gasteiger partial charge < -0.3 is 20.4 Å². The van der Waals surface area contributed by atoms with E-state index in [1.54, 1.807) is 0 Å². The minimum atomic E-state index is -1.05. The van der Waals surface area contributed by atoms with Gasteiger partial charge in [0.1, 0.15) is 0 Å². The molecule has 0 aromatic rings. The molecule has 5 nitrogen and oxygen atoms in total. The van der Waals surface area contributed by atoms with Gasteiger partial charge in [-0.2, -0.15) is 0 Å². The van der Waals surface area contributed by atoms with Crippen LogP contribution in [0.1, 0.15) is 45.4 Å². The van der Waals surface area contributed by atoms with Crippen LogP contribution in [0.25, 0.3) is 0 Å². The van der Waals surface area contributed by atoms with Crippen LogP contribution in [-0.2, 0) is 4.79 Å². The molecule has 2 aliphatic rings. The van der Waals surface area contributed by atoms with Crippen LogP contribution in [-0.4, -0.2) is 44.7 Å². The first-order valence-electron chi connectivity index (χ1n) is 8.52. The van der Waals surface area contributed by atoms with E-state index in [1.165, 1.54) is 5.57 Å². The van der Waals surface area contributed by atoms with Gasteiger partial charge in [0.25, 0.3) is 0 Å². The van der Waals surface area contributed by atoms with Crippen molar-refractivity contribution in [3.05, 3.63) is 23.8 Å². The molecule has 0 amide bonds. The van der Waals surface area contributed by atoms with Gasteiger partial charge >= 0.3 is 5.97 Å². The second kappa shape index (κ2) is 8.08. The summed E-state index contributed by atoms with van der Waals surface area (Å²) in [4.78, 5) is 10.5. The number of allylic oxidation sites excluding steroid dienone is 3. The SMILES string of the molecule is C[C@H]1C=CC2=C[C@H](O)CC[C@@H]2[C@H]1CC[C@@H](O)C[C@@H](O)CC(=O)O. The Morgan fingerprint density at radius 3 is 2.74 bits per heavy atom. The molecule has 0 aromatic heterocycles. The van der Waals surface area contributed by atoms with E-state index in [0.717, 1.165) is 19.3 Å². The Kier molecular flexibility index (Phi) is 6.39. The Bertz CT molecular complexity index is 470. The number of carboxylic acid groups (broad SMARTS) is 1. The van der Waals surface area contributed by atoms with Crippen LogP contribution in [0.2, 0.25) is 0 Å². The fourth-order valence-corrected chi connectivity index (χ4v) is 3.92. The van der Waals surface area contributed by atoms with Crippen molar-refractivity contribution in [1.29, 1.82) is 0 Å². The van der Waals surface area contributed by atoms with E-state index < -0.39 is 18.2 Å². The molecule has 0 unspecified atom stereocenters. The smallest absolute Gasteiger partial charge is 0.305 e. The maximum absolute atomic E-state index is 10.5. The van der Waals surface area contributed by atoms with Crippen LogP contribution >= 0.6 is 0 Å². The average molecular weight is 324 g/mol. The lowest BCUT2D eigenvalue weighted by Crippen LogP contribution is -2.31. The molecule has 0 saturated heterocycles. The van der Waals surface area contributed by atoms with E-state index in [2.05, 4.69) is 19.1 Å². The average Bonchev–Trinajstić information content (AvgIpc) is 2.45. The Morgan fingerprint density at radius 2 is 2.04 bits per heavy atom. The van der Waals surface area contributed by atoms with E-state index in [-0.39, 0.29) is 18.9 Å². The highest BCUT2D eigenvalue weighted by Gasteiger charge is 2.33. The number of aliphatic hydroxyl groups is 3. The van der Waals surface area contributed by atoms with Crippen LogP contribution in [0.4, 0.5) is 0 Å². The molecular weight excluding hydrogens is 296 g/mol. The number of fused-ring (bicyclic) bond motifs is 1. The van der Waals surface area contributed by atoms with E-state index in [1.807, 2.05) is 6.08 Å². The Balaban J connectivity index is 1.88. The largest absolute Gasteiger partial charge is 0.481 e. The van der Waals surface area contributed by atoms with Crippen molar-refractivity contribution in [2.75, 3.05) is 0 Å². The first-order valence-corrected chi connectivity index (χ1v) is 8.52. The molecule has 0 saturated carbocycles. The Labute approximate surface area is 137 Å². The zero-order valence-corrected chi connectivity index (χ0v) is 13.6. The number of hydrogen-bond acceptors (Lipinski definition) is 4. The highest BCUT2D eigenvalue weighted by Crippen LogP contribution is 2.42. The van der Waals surface area contributed by atoms with E-state index in [9.17, 15) is 20.1 Å². The predicted molar refractivity (Wildman–Crippen MR) is 86.7 cm³/mol. The van der Waals surface area contributed by atoms with Crippen molar-refractivity contribution in [1.82, 2.24) is 0 Å². The third-order valence-electron chi connectivity index (χ3n) is 5.16. The molecule has 0 fully saturated rings. The minimum Gasteiger partial charge on any atom is -0.481 e. The maximum Gasteiger partial charge on any atom is 0.305 e. The molecule has 2 rings (SSSR count). The first-order chi connectivity index (χ1) is 10.9. The summed E-state index contributed by atoms with van der Waals surface area (Å²) < 4.78 is 0. The molecule has 0 heterocycles. The Hall–Kier alpha value is -1.17. The summed E-state index contributed by atoms with van der Waals surface area (Å²) in [6, 6.07) is 0. The fourth-order valence-electron chi connectivity index (χ4n) is 3.92. The second-order valence-corrected chi connectivity index (χ2v) is 7.02. The summed E-state index contributed by atoms with van der Waals surface area (Å²) in [5, 5.41) is 38.1. The van der Waals surface area contributed by atoms with Gasteiger partial charge in [-0.05, 0) is 55.4 Å². The molecule has 0 bridgehead atoms. The normalized spacial score (nSPS) is 32.8. The number of rotatable bonds is 7. The lowest BCUT2D eigenvalue weighted by molar-refractivity contribution is -0.139. The molecule has 2 aliphatic carbocycles. The number of aliphatic carboxylic acids is 1. The number of carboxylic acids is 1. The van der Waals surface area contributed by atoms with Gasteiger partial charge in [0, 0.05) is 0 Å². The third-order valence-corrected chi connectivity index (χ3v) is 5.16. The molecular formula is C18H28O5. The summed E-state index contributed by atoms with van der Waals surface area (Å²) >= 11 is 0. The Morgan fingerprint density at radius 1 is 1.30 bits per heavy atom. The van der Waals surface area contributed by atoms with Crippen LogP contribution in [0.15, 0.2) is 23.8 Å². The van der Waals surface area contributed by atoms with Crippen LogP contribution in [0.5, 0.6) is 0 Å². The van der Waals surface area contributed by atoms with Crippen molar-refractivity contribution in [3.8, 4) is 0 Å². The van der Waals surface area contributed by atoms with Crippen molar-refractivity contribution >= 4 is 5.97 Å². The molecule has 5 heteroatoms. The standard InChI is InChI=1S/C18H28O5/c1-11-2-3-12-8-13(19)5-7-17(12)16(11)6-4-14(20)9-15(21)10-18(22)23/h2-3,8,11,13-17,19-21H,4-7,9-10H2,1H3,(H,22,23)/t11-,13+,14+,15+,16-,17-/m0/s1. The summed E-state index contributed by atoms with van der Waals surface area (Å²) in [5.74, 6) is 0.217. The topological polar surface area (TPSA) is 98.0 Å². The van der Waals surface area contributed by atoms with Gasteiger partial charge in [0.15, 0.2) is 0 Å². The number of hydrogen-bond donors (Lipinski definition) is 4. The lowest BCUT2D eigenvalue weighted by atomic mass is 9.67. The van der Waals surface area contributed by atoms with Gasteiger partial charge in [-0.1, -0.05) is 25.2 Å². The summed E-state index contributed by atoms with van der Waals surface area (Å²) in [5.41, 5.74) is 1.20. The van der Waals surface area contributed by atoms with Crippen LogP contribution in [0.3, 0.4) is 0 Å². The van der Waals surface area contributed by atoms with Crippen molar-refractivity contribution in [2.24, 2.45) is 17.8 Å². The summed E-state index contributed by atoms with van der Waals surface area (Å²) in [7, 11) is 0.